The van der Waals surface area contributed by atoms with Crippen LogP contribution in [0.15, 0.2) is 55.0 Å². The lowest BCUT2D eigenvalue weighted by molar-refractivity contribution is 0.269. The van der Waals surface area contributed by atoms with Crippen molar-refractivity contribution < 1.29 is 14.6 Å². The number of methoxy groups -OCH3 is 2. The highest BCUT2D eigenvalue weighted by Crippen LogP contribution is 2.34. The predicted octanol–water partition coefficient (Wildman–Crippen LogP) is 4.05. The van der Waals surface area contributed by atoms with Crippen molar-refractivity contribution in [3.8, 4) is 22.8 Å². The standard InChI is InChI=1S/C24H27N5O3/c1-4-7-29(19-10-20(31-2)13-21(11-19)32-3)18-5-6-22-23(12-18)27-24(15-25-22)17-14-26-28(16-17)8-9-30/h5-6,10-16,30H,4,7-9H2,1-3H3. The molecule has 2 heterocycles. The van der Waals surface area contributed by atoms with E-state index in [-0.39, 0.29) is 6.61 Å². The van der Waals surface area contributed by atoms with Crippen LogP contribution in [0.5, 0.6) is 11.5 Å². The lowest BCUT2D eigenvalue weighted by Gasteiger charge is -2.25. The van der Waals surface area contributed by atoms with Crippen LogP contribution in [0, 0.1) is 0 Å². The zero-order chi connectivity index (χ0) is 22.5. The molecular weight excluding hydrogens is 406 g/mol. The molecule has 32 heavy (non-hydrogen) atoms. The van der Waals surface area contributed by atoms with E-state index in [4.69, 9.17) is 19.6 Å². The first-order chi connectivity index (χ1) is 15.6. The summed E-state index contributed by atoms with van der Waals surface area (Å²) < 4.78 is 12.6. The Hall–Kier alpha value is -3.65. The van der Waals surface area contributed by atoms with Crippen molar-refractivity contribution in [2.45, 2.75) is 19.9 Å². The van der Waals surface area contributed by atoms with Gasteiger partial charge in [0.2, 0.25) is 0 Å². The van der Waals surface area contributed by atoms with Gasteiger partial charge >= 0.3 is 0 Å². The minimum Gasteiger partial charge on any atom is -0.497 e. The molecule has 0 bridgehead atoms. The molecule has 8 heteroatoms. The van der Waals surface area contributed by atoms with Crippen molar-refractivity contribution in [2.24, 2.45) is 0 Å². The highest BCUT2D eigenvalue weighted by molar-refractivity contribution is 5.82. The van der Waals surface area contributed by atoms with Crippen LogP contribution < -0.4 is 14.4 Å². The first-order valence-corrected chi connectivity index (χ1v) is 10.6. The van der Waals surface area contributed by atoms with E-state index in [1.165, 1.54) is 0 Å². The molecule has 0 unspecified atom stereocenters. The third-order valence-corrected chi connectivity index (χ3v) is 5.19. The molecule has 0 aliphatic rings. The molecular formula is C24H27N5O3. The maximum atomic E-state index is 9.12. The molecule has 2 aromatic heterocycles. The molecule has 0 amide bonds. The number of aromatic nitrogens is 4. The van der Waals surface area contributed by atoms with Gasteiger partial charge in [0.1, 0.15) is 11.5 Å². The quantitative estimate of drug-likeness (QED) is 0.426. The Bertz CT molecular complexity index is 1190. The summed E-state index contributed by atoms with van der Waals surface area (Å²) in [5.74, 6) is 1.48. The highest BCUT2D eigenvalue weighted by atomic mass is 16.5. The van der Waals surface area contributed by atoms with Crippen molar-refractivity contribution in [1.29, 1.82) is 0 Å². The molecule has 166 valence electrons. The Morgan fingerprint density at radius 2 is 1.75 bits per heavy atom. The smallest absolute Gasteiger partial charge is 0.124 e. The topological polar surface area (TPSA) is 85.5 Å². The van der Waals surface area contributed by atoms with Gasteiger partial charge in [0.05, 0.1) is 56.5 Å². The number of nitrogens with zero attached hydrogens (tertiary/aromatic N) is 5. The number of anilines is 2. The van der Waals surface area contributed by atoms with Gasteiger partial charge in [-0.05, 0) is 24.6 Å². The van der Waals surface area contributed by atoms with Crippen molar-refractivity contribution in [3.63, 3.8) is 0 Å². The summed E-state index contributed by atoms with van der Waals surface area (Å²) in [6.45, 7) is 3.45. The molecule has 0 atom stereocenters. The fourth-order valence-corrected chi connectivity index (χ4v) is 3.61. The second-order valence-corrected chi connectivity index (χ2v) is 7.37. The summed E-state index contributed by atoms with van der Waals surface area (Å²) in [6.07, 6.45) is 6.31. The van der Waals surface area contributed by atoms with Gasteiger partial charge in [0.25, 0.3) is 0 Å². The number of aliphatic hydroxyl groups is 1. The average molecular weight is 434 g/mol. The number of benzene rings is 2. The third kappa shape index (κ3) is 4.50. The van der Waals surface area contributed by atoms with E-state index in [0.29, 0.717) is 6.54 Å². The van der Waals surface area contributed by atoms with Gasteiger partial charge in [0.15, 0.2) is 0 Å². The number of fused-ring (bicyclic) bond motifs is 1. The van der Waals surface area contributed by atoms with Crippen LogP contribution in [-0.4, -0.2) is 52.2 Å². The van der Waals surface area contributed by atoms with E-state index in [1.54, 1.807) is 31.3 Å². The maximum Gasteiger partial charge on any atom is 0.124 e. The second kappa shape index (κ2) is 9.65. The van der Waals surface area contributed by atoms with E-state index in [1.807, 2.05) is 36.5 Å². The fourth-order valence-electron chi connectivity index (χ4n) is 3.61. The van der Waals surface area contributed by atoms with Crippen LogP contribution >= 0.6 is 0 Å². The molecule has 0 aliphatic carbocycles. The SMILES string of the molecule is CCCN(c1cc(OC)cc(OC)c1)c1ccc2ncc(-c3cnn(CCO)c3)nc2c1. The maximum absolute atomic E-state index is 9.12. The second-order valence-electron chi connectivity index (χ2n) is 7.37. The molecule has 0 aliphatic heterocycles. The molecule has 4 rings (SSSR count). The third-order valence-electron chi connectivity index (χ3n) is 5.19. The Morgan fingerprint density at radius 1 is 0.969 bits per heavy atom. The molecule has 0 fully saturated rings. The van der Waals surface area contributed by atoms with Crippen LogP contribution in [-0.2, 0) is 6.54 Å². The van der Waals surface area contributed by atoms with Crippen molar-refractivity contribution in [2.75, 3.05) is 32.3 Å². The predicted molar refractivity (Wildman–Crippen MR) is 125 cm³/mol. The Kier molecular flexibility index (Phi) is 6.51. The normalized spacial score (nSPS) is 11.0. The summed E-state index contributed by atoms with van der Waals surface area (Å²) in [6, 6.07) is 11.9. The number of aliphatic hydroxyl groups excluding tert-OH is 1. The van der Waals surface area contributed by atoms with E-state index in [0.717, 1.165) is 58.1 Å². The Labute approximate surface area is 187 Å². The van der Waals surface area contributed by atoms with E-state index in [9.17, 15) is 0 Å². The molecule has 2 aromatic carbocycles. The molecule has 0 spiro atoms. The minimum atomic E-state index is 0.0379. The zero-order valence-corrected chi connectivity index (χ0v) is 18.5. The molecule has 4 aromatic rings. The van der Waals surface area contributed by atoms with E-state index < -0.39 is 0 Å². The Balaban J connectivity index is 1.74. The van der Waals surface area contributed by atoms with E-state index >= 15 is 0 Å². The molecule has 8 nitrogen and oxygen atoms in total. The van der Waals surface area contributed by atoms with Crippen LogP contribution in [0.3, 0.4) is 0 Å². The molecule has 0 saturated carbocycles. The van der Waals surface area contributed by atoms with Crippen LogP contribution in [0.2, 0.25) is 0 Å². The Morgan fingerprint density at radius 3 is 2.44 bits per heavy atom. The van der Waals surface area contributed by atoms with Gasteiger partial charge in [-0.2, -0.15) is 5.10 Å². The summed E-state index contributed by atoms with van der Waals surface area (Å²) in [7, 11) is 3.30. The lowest BCUT2D eigenvalue weighted by atomic mass is 10.2. The highest BCUT2D eigenvalue weighted by Gasteiger charge is 2.14. The van der Waals surface area contributed by atoms with Crippen molar-refractivity contribution in [3.05, 3.63) is 55.0 Å². The summed E-state index contributed by atoms with van der Waals surface area (Å²) in [5.41, 5.74) is 5.21. The summed E-state index contributed by atoms with van der Waals surface area (Å²) >= 11 is 0. The average Bonchev–Trinajstić information content (AvgIpc) is 3.30. The number of hydrogen-bond acceptors (Lipinski definition) is 7. The number of rotatable bonds is 9. The monoisotopic (exact) mass is 433 g/mol. The zero-order valence-electron chi connectivity index (χ0n) is 18.5. The van der Waals surface area contributed by atoms with Gasteiger partial charge < -0.3 is 19.5 Å². The molecule has 0 radical (unpaired) electrons. The van der Waals surface area contributed by atoms with Gasteiger partial charge in [0, 0.05) is 47.9 Å². The fraction of sp³-hybridized carbons (Fsp3) is 0.292. The van der Waals surface area contributed by atoms with Gasteiger partial charge in [-0.3, -0.25) is 9.67 Å². The number of ether oxygens (including phenoxy) is 2. The molecule has 1 N–H and O–H groups in total. The van der Waals surface area contributed by atoms with Crippen LogP contribution in [0.25, 0.3) is 22.3 Å². The van der Waals surface area contributed by atoms with Crippen molar-refractivity contribution >= 4 is 22.4 Å². The minimum absolute atomic E-state index is 0.0379. The summed E-state index contributed by atoms with van der Waals surface area (Å²) in [4.78, 5) is 11.6. The number of hydrogen-bond donors (Lipinski definition) is 1. The first-order valence-electron chi connectivity index (χ1n) is 10.6. The first kappa shape index (κ1) is 21.6. The largest absolute Gasteiger partial charge is 0.497 e. The summed E-state index contributed by atoms with van der Waals surface area (Å²) in [5, 5.41) is 13.4. The van der Waals surface area contributed by atoms with Gasteiger partial charge in [-0.25, -0.2) is 4.98 Å². The van der Waals surface area contributed by atoms with E-state index in [2.05, 4.69) is 28.0 Å². The van der Waals surface area contributed by atoms with Crippen LogP contribution in [0.1, 0.15) is 13.3 Å². The van der Waals surface area contributed by atoms with Gasteiger partial charge in [-0.1, -0.05) is 6.92 Å². The lowest BCUT2D eigenvalue weighted by Crippen LogP contribution is -2.18. The van der Waals surface area contributed by atoms with Crippen LogP contribution in [0.4, 0.5) is 11.4 Å². The van der Waals surface area contributed by atoms with Gasteiger partial charge in [-0.15, -0.1) is 0 Å². The van der Waals surface area contributed by atoms with Crippen molar-refractivity contribution in [1.82, 2.24) is 19.7 Å². The molecule has 0 saturated heterocycles.